The standard InChI is InChI=1S/C87H128N16O25/c1-8-88-74-75(77(112)76(74)111)89-33-51-127-53-54-128-52-34-90-85-93-86(91-64-21-15-62(16-22-64)19-31-72(83(123)124)98-38-36-96(66(55-104)25-9-56(2)105)35-37-97(67(78(113)114)26-10-57(3)106)39-41-99(42-40-98)68(79(115)116)27-11-58(4)107)95-87(94-85)92-65-23-17-63(18-24-65)20-32-73(84(125)126)103-49-47-101(70(81(119)120)29-13-60(6)109)45-43-100(69(80(117)118)28-12-59(5)108)44-46-102(48-50-103)71(82(121)122)30-14-61(7)110/h15-18,21-24,55,66-73,88-89H,8-14,19-20,25-54H2,1-7H3,(H,113,114)(H,115,116)(H,117,118)(H,119,120)(H,121,122)(H,123,124)(H,125,126)(H3,90,91,92,93,94,95). The van der Waals surface area contributed by atoms with Crippen LogP contribution in [0.15, 0.2) is 58.1 Å². The number of carbonyl (C=O) groups is 14. The Bertz CT molecular complexity index is 4370. The van der Waals surface area contributed by atoms with Crippen LogP contribution in [0.2, 0.25) is 0 Å². The number of anilines is 7. The molecule has 2 saturated heterocycles. The maximum atomic E-state index is 13.6. The minimum atomic E-state index is -1.26. The molecule has 41 heteroatoms. The molecule has 8 unspecified atom stereocenters. The minimum absolute atomic E-state index is 0.00554. The molecule has 3 aromatic carbocycles. The number of carboxylic acid groups (broad SMARTS) is 7. The van der Waals surface area contributed by atoms with E-state index in [1.54, 1.807) is 94.7 Å². The van der Waals surface area contributed by atoms with Crippen LogP contribution >= 0.6 is 0 Å². The van der Waals surface area contributed by atoms with E-state index in [2.05, 4.69) is 41.5 Å². The third-order valence-corrected chi connectivity index (χ3v) is 22.9. The van der Waals surface area contributed by atoms with Crippen molar-refractivity contribution in [3.05, 3.63) is 80.1 Å². The maximum absolute atomic E-state index is 13.6. The smallest absolute Gasteiger partial charge is 0.320 e. The summed E-state index contributed by atoms with van der Waals surface area (Å²) < 4.78 is 11.5. The molecule has 0 aliphatic carbocycles. The zero-order valence-corrected chi connectivity index (χ0v) is 74.3. The molecule has 41 nitrogen and oxygen atoms in total. The van der Waals surface area contributed by atoms with Gasteiger partial charge >= 0.3 is 41.8 Å². The van der Waals surface area contributed by atoms with Crippen molar-refractivity contribution >= 4 is 123 Å². The van der Waals surface area contributed by atoms with Gasteiger partial charge in [-0.15, -0.1) is 0 Å². The molecule has 4 aromatic rings. The number of aliphatic carboxylic acids is 7. The summed E-state index contributed by atoms with van der Waals surface area (Å²) in [5, 5.41) is 90.6. The van der Waals surface area contributed by atoms with Gasteiger partial charge in [-0.05, 0) is 148 Å². The monoisotopic (exact) mass is 1800 g/mol. The first-order valence-electron chi connectivity index (χ1n) is 43.6. The van der Waals surface area contributed by atoms with Gasteiger partial charge in [-0.1, -0.05) is 24.3 Å². The van der Waals surface area contributed by atoms with Crippen molar-refractivity contribution in [1.82, 2.24) is 54.2 Å². The van der Waals surface area contributed by atoms with E-state index in [-0.39, 0.29) is 311 Å². The molecule has 2 aliphatic heterocycles. The summed E-state index contributed by atoms with van der Waals surface area (Å²) in [6.07, 6.45) is 0.379. The van der Waals surface area contributed by atoms with Gasteiger partial charge in [0.25, 0.3) is 10.9 Å². The van der Waals surface area contributed by atoms with Crippen molar-refractivity contribution in [3.63, 3.8) is 0 Å². The Morgan fingerprint density at radius 3 is 0.836 bits per heavy atom. The fourth-order valence-electron chi connectivity index (χ4n) is 15.7. The number of nitrogens with zero attached hydrogens (tertiary/aromatic N) is 11. The number of nitrogens with one attached hydrogen (secondary N) is 5. The van der Waals surface area contributed by atoms with E-state index in [0.717, 1.165) is 0 Å². The van der Waals surface area contributed by atoms with E-state index in [0.29, 0.717) is 35.3 Å². The van der Waals surface area contributed by atoms with Crippen molar-refractivity contribution in [2.45, 2.75) is 200 Å². The molecule has 8 atom stereocenters. The van der Waals surface area contributed by atoms with Crippen molar-refractivity contribution in [2.75, 3.05) is 177 Å². The van der Waals surface area contributed by atoms with Crippen LogP contribution < -0.4 is 37.4 Å². The molecular formula is C87H128N16O25. The lowest BCUT2D eigenvalue weighted by molar-refractivity contribution is -0.148. The van der Waals surface area contributed by atoms with Crippen LogP contribution in [-0.4, -0.2) is 372 Å². The number of rotatable bonds is 57. The van der Waals surface area contributed by atoms with Gasteiger partial charge in [0.2, 0.25) is 17.8 Å². The summed E-state index contributed by atoms with van der Waals surface area (Å²) in [4.78, 5) is 230. The topological polar surface area (TPSA) is 558 Å². The lowest BCUT2D eigenvalue weighted by atomic mass is 10.0. The van der Waals surface area contributed by atoms with Crippen LogP contribution in [0.5, 0.6) is 0 Å². The highest BCUT2D eigenvalue weighted by Gasteiger charge is 2.38. The molecule has 12 N–H and O–H groups in total. The maximum Gasteiger partial charge on any atom is 0.320 e. The number of aromatic nitrogens is 3. The van der Waals surface area contributed by atoms with Gasteiger partial charge in [0.1, 0.15) is 94.7 Å². The molecule has 1 aromatic heterocycles. The molecule has 0 bridgehead atoms. The molecule has 2 fully saturated rings. The number of hydrogen-bond donors (Lipinski definition) is 12. The highest BCUT2D eigenvalue weighted by atomic mass is 16.5. The van der Waals surface area contributed by atoms with Crippen molar-refractivity contribution < 1.29 is 112 Å². The van der Waals surface area contributed by atoms with Crippen LogP contribution in [0.4, 0.5) is 40.6 Å². The number of carboxylic acids is 7. The number of carbonyl (C=O) groups excluding carboxylic acids is 7. The van der Waals surface area contributed by atoms with Crippen LogP contribution in [0, 0.1) is 0 Å². The molecule has 0 amide bonds. The fourth-order valence-corrected chi connectivity index (χ4v) is 15.7. The molecule has 128 heavy (non-hydrogen) atoms. The van der Waals surface area contributed by atoms with Crippen molar-refractivity contribution in [2.24, 2.45) is 0 Å². The highest BCUT2D eigenvalue weighted by molar-refractivity contribution is 5.82. The van der Waals surface area contributed by atoms with Gasteiger partial charge in [0.15, 0.2) is 0 Å². The minimum Gasteiger partial charge on any atom is -0.480 e. The Morgan fingerprint density at radius 1 is 0.336 bits per heavy atom. The zero-order valence-electron chi connectivity index (χ0n) is 74.3. The average molecular weight is 1800 g/mol. The Balaban J connectivity index is 1.26. The third-order valence-electron chi connectivity index (χ3n) is 22.9. The largest absolute Gasteiger partial charge is 0.480 e. The van der Waals surface area contributed by atoms with Gasteiger partial charge < -0.3 is 105 Å². The molecular weight excluding hydrogens is 1670 g/mol. The van der Waals surface area contributed by atoms with Crippen LogP contribution in [0.1, 0.15) is 149 Å². The number of hydrogen-bond acceptors (Lipinski definition) is 34. The first-order valence-corrected chi connectivity index (χ1v) is 43.6. The third kappa shape index (κ3) is 36.3. The number of ketones is 6. The fraction of sp³-hybridized carbons (Fsp3) is 0.621. The van der Waals surface area contributed by atoms with E-state index in [9.17, 15) is 112 Å². The molecule has 0 saturated carbocycles. The predicted molar refractivity (Wildman–Crippen MR) is 472 cm³/mol. The predicted octanol–water partition coefficient (Wildman–Crippen LogP) is 3.21. The van der Waals surface area contributed by atoms with Gasteiger partial charge in [-0.3, -0.25) is 82.4 Å². The van der Waals surface area contributed by atoms with E-state index in [4.69, 9.17) is 9.47 Å². The number of aryl methyl sites for hydroxylation is 2. The Morgan fingerprint density at radius 2 is 0.578 bits per heavy atom. The van der Waals surface area contributed by atoms with Crippen molar-refractivity contribution in [3.8, 4) is 0 Å². The normalized spacial score (nSPS) is 17.1. The lowest BCUT2D eigenvalue weighted by Crippen LogP contribution is -2.56. The number of benzene rings is 2. The Labute approximate surface area is 743 Å². The SMILES string of the molecule is CCNc1c(NCCOCCOCCNc2nc(Nc3ccc(CCC(C(=O)O)N4CCN(C(C=O)CCC(C)=O)CCN(C(CCC(C)=O)C(=O)O)CCN(C(CCC(C)=O)C(=O)O)CC4)cc3)nc(Nc3ccc(CCC(C(=O)O)N4CCN(C(CCC(C)=O)C(=O)O)CCN(C(CCC(C)=O)C(=O)O)CCN(C(CCC(C)=O)C(=O)O)CC4)cc3)n2)c(=O)c1=O. The number of ether oxygens (including phenoxy) is 2. The summed E-state index contributed by atoms with van der Waals surface area (Å²) >= 11 is 0. The van der Waals surface area contributed by atoms with Crippen molar-refractivity contribution in [1.29, 1.82) is 0 Å². The summed E-state index contributed by atoms with van der Waals surface area (Å²) in [5.41, 5.74) is 1.63. The van der Waals surface area contributed by atoms with E-state index in [1.807, 2.05) is 0 Å². The lowest BCUT2D eigenvalue weighted by Gasteiger charge is -2.40. The van der Waals surface area contributed by atoms with Crippen LogP contribution in [0.25, 0.3) is 0 Å². The Kier molecular flexibility index (Phi) is 45.6. The van der Waals surface area contributed by atoms with Gasteiger partial charge in [-0.25, -0.2) is 0 Å². The Hall–Kier alpha value is -10.9. The first kappa shape index (κ1) is 106. The second-order valence-electron chi connectivity index (χ2n) is 32.5. The summed E-state index contributed by atoms with van der Waals surface area (Å²) in [6.45, 7) is 11.0. The van der Waals surface area contributed by atoms with Gasteiger partial charge in [-0.2, -0.15) is 15.0 Å². The molecule has 0 spiro atoms. The van der Waals surface area contributed by atoms with Gasteiger partial charge in [0.05, 0.1) is 32.5 Å². The van der Waals surface area contributed by atoms with Gasteiger partial charge in [0, 0.05) is 174 Å². The molecule has 2 aliphatic rings. The second kappa shape index (κ2) is 55.1. The number of Topliss-reactive ketones (excluding diaryl/α,β-unsaturated/α-hetero) is 6. The van der Waals surface area contributed by atoms with Crippen LogP contribution in [-0.2, 0) is 89.4 Å². The summed E-state index contributed by atoms with van der Waals surface area (Å²) in [6, 6.07) is 4.54. The molecule has 6 rings (SSSR count). The molecule has 706 valence electrons. The highest BCUT2D eigenvalue weighted by Crippen LogP contribution is 2.26. The average Bonchev–Trinajstić information content (AvgIpc) is 0.783. The quantitative estimate of drug-likeness (QED) is 0.0171. The molecule has 3 heterocycles. The zero-order chi connectivity index (χ0) is 94.1. The second-order valence-corrected chi connectivity index (χ2v) is 32.5. The number of aldehydes is 1. The van der Waals surface area contributed by atoms with Crippen LogP contribution in [0.3, 0.4) is 0 Å². The van der Waals surface area contributed by atoms with E-state index in [1.165, 1.54) is 41.5 Å². The van der Waals surface area contributed by atoms with E-state index >= 15 is 0 Å². The first-order chi connectivity index (χ1) is 61.0. The summed E-state index contributed by atoms with van der Waals surface area (Å²) in [7, 11) is 0. The molecule has 0 radical (unpaired) electrons. The summed E-state index contributed by atoms with van der Waals surface area (Å²) in [5.74, 6) is -9.94. The van der Waals surface area contributed by atoms with E-state index < -0.39 is 101 Å².